The molecule has 0 saturated carbocycles. The van der Waals surface area contributed by atoms with E-state index >= 15 is 0 Å². The van der Waals surface area contributed by atoms with Crippen molar-refractivity contribution in [1.29, 1.82) is 0 Å². The Bertz CT molecular complexity index is 676. The van der Waals surface area contributed by atoms with Gasteiger partial charge in [-0.05, 0) is 25.0 Å². The van der Waals surface area contributed by atoms with Crippen LogP contribution in [0, 0.1) is 0 Å². The van der Waals surface area contributed by atoms with Gasteiger partial charge in [0.15, 0.2) is 5.75 Å². The smallest absolute Gasteiger partial charge is 0.324 e. The van der Waals surface area contributed by atoms with Crippen LogP contribution in [0.5, 0.6) is 5.75 Å². The number of nitrogen functional groups attached to an aromatic ring is 1. The maximum Gasteiger partial charge on any atom is 0.324 e. The Labute approximate surface area is 127 Å². The number of esters is 1. The predicted octanol–water partition coefficient (Wildman–Crippen LogP) is 0.954. The van der Waals surface area contributed by atoms with Crippen molar-refractivity contribution in [3.63, 3.8) is 0 Å². The number of carbonyl (C=O) groups excluding carboxylic acids is 1. The van der Waals surface area contributed by atoms with Crippen molar-refractivity contribution in [1.82, 2.24) is 4.31 Å². The van der Waals surface area contributed by atoms with Gasteiger partial charge in [0.2, 0.25) is 10.0 Å². The number of carbonyl (C=O) groups is 1. The van der Waals surface area contributed by atoms with Gasteiger partial charge in [-0.15, -0.1) is 0 Å². The largest absolute Gasteiger partial charge is 0.504 e. The minimum Gasteiger partial charge on any atom is -0.504 e. The van der Waals surface area contributed by atoms with Crippen LogP contribution in [0.4, 0.5) is 5.69 Å². The van der Waals surface area contributed by atoms with Crippen LogP contribution >= 0.6 is 11.6 Å². The summed E-state index contributed by atoms with van der Waals surface area (Å²) in [6, 6.07) is 1.67. The zero-order valence-electron chi connectivity index (χ0n) is 11.2. The minimum atomic E-state index is -4.16. The summed E-state index contributed by atoms with van der Waals surface area (Å²) in [5.41, 5.74) is 5.42. The molecule has 1 atom stereocenters. The number of phenols is 1. The average Bonchev–Trinajstić information content (AvgIpc) is 2.92. The van der Waals surface area contributed by atoms with E-state index in [0.29, 0.717) is 12.8 Å². The van der Waals surface area contributed by atoms with Gasteiger partial charge in [-0.2, -0.15) is 4.31 Å². The number of ether oxygens (including phenoxy) is 1. The molecular formula is C12H15ClN2O5S. The van der Waals surface area contributed by atoms with Crippen molar-refractivity contribution in [3.8, 4) is 5.75 Å². The van der Waals surface area contributed by atoms with Crippen LogP contribution in [-0.2, 0) is 19.6 Å². The fraction of sp³-hybridized carbons (Fsp3) is 0.417. The standard InChI is InChI=1S/C12H15ClN2O5S/c1-20-12(17)9-3-2-6-15(9)21(18,19)11-7(13)4-5-8(14)10(11)16/h4-5,9,16H,2-3,6,14H2,1H3/t9-/m0/s1. The average molecular weight is 335 g/mol. The number of methoxy groups -OCH3 is 1. The minimum absolute atomic E-state index is 0.105. The fourth-order valence-corrected chi connectivity index (χ4v) is 4.58. The van der Waals surface area contributed by atoms with Crippen molar-refractivity contribution >= 4 is 33.3 Å². The van der Waals surface area contributed by atoms with E-state index in [1.165, 1.54) is 19.2 Å². The van der Waals surface area contributed by atoms with E-state index in [9.17, 15) is 18.3 Å². The van der Waals surface area contributed by atoms with Gasteiger partial charge in [0.25, 0.3) is 0 Å². The van der Waals surface area contributed by atoms with Crippen molar-refractivity contribution in [2.75, 3.05) is 19.4 Å². The molecule has 0 bridgehead atoms. The molecule has 1 aliphatic rings. The second kappa shape index (κ2) is 5.70. The monoisotopic (exact) mass is 334 g/mol. The lowest BCUT2D eigenvalue weighted by atomic mass is 10.2. The number of nitrogens with zero attached hydrogens (tertiary/aromatic N) is 1. The quantitative estimate of drug-likeness (QED) is 0.484. The Morgan fingerprint density at radius 1 is 1.52 bits per heavy atom. The Morgan fingerprint density at radius 3 is 2.81 bits per heavy atom. The van der Waals surface area contributed by atoms with Gasteiger partial charge in [-0.3, -0.25) is 4.79 Å². The van der Waals surface area contributed by atoms with E-state index in [1.54, 1.807) is 0 Å². The number of sulfonamides is 1. The highest BCUT2D eigenvalue weighted by atomic mass is 35.5. The molecule has 0 aromatic heterocycles. The summed E-state index contributed by atoms with van der Waals surface area (Å²) in [5.74, 6) is -1.26. The normalized spacial score (nSPS) is 19.6. The molecule has 0 spiro atoms. The number of halogens is 1. The summed E-state index contributed by atoms with van der Waals surface area (Å²) in [7, 11) is -2.97. The lowest BCUT2D eigenvalue weighted by Crippen LogP contribution is -2.41. The summed E-state index contributed by atoms with van der Waals surface area (Å²) in [4.78, 5) is 11.2. The number of anilines is 1. The highest BCUT2D eigenvalue weighted by molar-refractivity contribution is 7.89. The van der Waals surface area contributed by atoms with Gasteiger partial charge in [0.1, 0.15) is 10.9 Å². The highest BCUT2D eigenvalue weighted by Gasteiger charge is 2.42. The molecule has 3 N–H and O–H groups in total. The summed E-state index contributed by atoms with van der Waals surface area (Å²) in [6.07, 6.45) is 0.867. The van der Waals surface area contributed by atoms with E-state index in [1.807, 2.05) is 0 Å². The van der Waals surface area contributed by atoms with Gasteiger partial charge in [0, 0.05) is 6.54 Å². The number of hydrogen-bond acceptors (Lipinski definition) is 6. The van der Waals surface area contributed by atoms with E-state index in [4.69, 9.17) is 17.3 Å². The molecule has 1 saturated heterocycles. The zero-order valence-corrected chi connectivity index (χ0v) is 12.8. The Hall–Kier alpha value is -1.51. The Kier molecular flexibility index (Phi) is 4.31. The molecule has 1 aromatic carbocycles. The molecule has 1 aromatic rings. The van der Waals surface area contributed by atoms with Gasteiger partial charge in [0.05, 0.1) is 17.8 Å². The van der Waals surface area contributed by atoms with E-state index < -0.39 is 32.7 Å². The van der Waals surface area contributed by atoms with Crippen molar-refractivity contribution in [3.05, 3.63) is 17.2 Å². The SMILES string of the molecule is COC(=O)[C@@H]1CCCN1S(=O)(=O)c1c(Cl)ccc(N)c1O. The number of benzene rings is 1. The van der Waals surface area contributed by atoms with Gasteiger partial charge < -0.3 is 15.6 Å². The lowest BCUT2D eigenvalue weighted by molar-refractivity contribution is -0.144. The molecule has 1 aliphatic heterocycles. The van der Waals surface area contributed by atoms with Crippen molar-refractivity contribution < 1.29 is 23.1 Å². The molecule has 9 heteroatoms. The second-order valence-corrected chi connectivity index (χ2v) is 6.85. The van der Waals surface area contributed by atoms with Crippen LogP contribution in [0.1, 0.15) is 12.8 Å². The third-order valence-electron chi connectivity index (χ3n) is 3.36. The van der Waals surface area contributed by atoms with Crippen LogP contribution in [0.2, 0.25) is 5.02 Å². The molecule has 0 amide bonds. The molecular weight excluding hydrogens is 320 g/mol. The first-order chi connectivity index (χ1) is 9.80. The molecule has 0 unspecified atom stereocenters. The number of rotatable bonds is 3. The summed E-state index contributed by atoms with van der Waals surface area (Å²) in [6.45, 7) is 0.146. The number of aromatic hydroxyl groups is 1. The number of hydrogen-bond donors (Lipinski definition) is 2. The van der Waals surface area contributed by atoms with Crippen LogP contribution in [0.25, 0.3) is 0 Å². The number of phenolic OH excluding ortho intramolecular Hbond substituents is 1. The fourth-order valence-electron chi connectivity index (χ4n) is 2.32. The molecule has 1 heterocycles. The van der Waals surface area contributed by atoms with Crippen molar-refractivity contribution in [2.45, 2.75) is 23.8 Å². The van der Waals surface area contributed by atoms with Gasteiger partial charge >= 0.3 is 5.97 Å². The van der Waals surface area contributed by atoms with Crippen LogP contribution in [-0.4, -0.2) is 43.5 Å². The molecule has 0 aliphatic carbocycles. The lowest BCUT2D eigenvalue weighted by Gasteiger charge is -2.23. The third-order valence-corrected chi connectivity index (χ3v) is 5.77. The highest BCUT2D eigenvalue weighted by Crippen LogP contribution is 2.39. The van der Waals surface area contributed by atoms with Crippen LogP contribution < -0.4 is 5.73 Å². The maximum atomic E-state index is 12.7. The Morgan fingerprint density at radius 2 is 2.19 bits per heavy atom. The summed E-state index contributed by atoms with van der Waals surface area (Å²) < 4.78 is 31.0. The first-order valence-electron chi connectivity index (χ1n) is 6.17. The molecule has 2 rings (SSSR count). The zero-order chi connectivity index (χ0) is 15.8. The summed E-state index contributed by atoms with van der Waals surface area (Å²) >= 11 is 5.89. The number of nitrogens with two attached hydrogens (primary N) is 1. The molecule has 1 fully saturated rings. The molecule has 21 heavy (non-hydrogen) atoms. The van der Waals surface area contributed by atoms with Gasteiger partial charge in [-0.1, -0.05) is 11.6 Å². The van der Waals surface area contributed by atoms with E-state index in [0.717, 1.165) is 4.31 Å². The van der Waals surface area contributed by atoms with Crippen molar-refractivity contribution in [2.24, 2.45) is 0 Å². The Balaban J connectivity index is 2.53. The molecule has 7 nitrogen and oxygen atoms in total. The third kappa shape index (κ3) is 2.66. The van der Waals surface area contributed by atoms with Crippen LogP contribution in [0.3, 0.4) is 0 Å². The van der Waals surface area contributed by atoms with E-state index in [2.05, 4.69) is 4.74 Å². The first kappa shape index (κ1) is 15.9. The first-order valence-corrected chi connectivity index (χ1v) is 7.99. The molecule has 0 radical (unpaired) electrons. The van der Waals surface area contributed by atoms with Gasteiger partial charge in [-0.25, -0.2) is 8.42 Å². The van der Waals surface area contributed by atoms with E-state index in [-0.39, 0.29) is 17.3 Å². The predicted molar refractivity (Wildman–Crippen MR) is 76.5 cm³/mol. The van der Waals surface area contributed by atoms with Crippen LogP contribution in [0.15, 0.2) is 17.0 Å². The molecule has 116 valence electrons. The maximum absolute atomic E-state index is 12.7. The summed E-state index contributed by atoms with van der Waals surface area (Å²) in [5, 5.41) is 9.77. The second-order valence-electron chi connectivity index (χ2n) is 4.61. The topological polar surface area (TPSA) is 110 Å².